The number of nitrogens with zero attached hydrogens (tertiary/aromatic N) is 1. The molecule has 2 aromatic rings. The summed E-state index contributed by atoms with van der Waals surface area (Å²) < 4.78 is 5.38. The minimum absolute atomic E-state index is 0.341. The fourth-order valence-corrected chi connectivity index (χ4v) is 2.20. The summed E-state index contributed by atoms with van der Waals surface area (Å²) in [6.45, 7) is 5.22. The molecular formula is C15H20N2O. The molecule has 2 rings (SSSR count). The van der Waals surface area contributed by atoms with E-state index in [2.05, 4.69) is 30.2 Å². The highest BCUT2D eigenvalue weighted by Crippen LogP contribution is 2.21. The normalized spacial score (nSPS) is 12.6. The molecule has 2 aromatic heterocycles. The molecular weight excluding hydrogens is 224 g/mol. The molecule has 1 unspecified atom stereocenters. The van der Waals surface area contributed by atoms with Crippen LogP contribution in [0.3, 0.4) is 0 Å². The first-order chi connectivity index (χ1) is 8.81. The van der Waals surface area contributed by atoms with Crippen molar-refractivity contribution in [2.45, 2.75) is 32.7 Å². The van der Waals surface area contributed by atoms with Gasteiger partial charge in [-0.3, -0.25) is 4.98 Å². The van der Waals surface area contributed by atoms with E-state index in [0.29, 0.717) is 6.04 Å². The third-order valence-electron chi connectivity index (χ3n) is 3.17. The van der Waals surface area contributed by atoms with Crippen molar-refractivity contribution >= 4 is 0 Å². The fourth-order valence-electron chi connectivity index (χ4n) is 2.20. The van der Waals surface area contributed by atoms with Crippen LogP contribution in [0.15, 0.2) is 41.3 Å². The molecule has 0 spiro atoms. The van der Waals surface area contributed by atoms with Gasteiger partial charge in [0.1, 0.15) is 5.76 Å². The van der Waals surface area contributed by atoms with Crippen LogP contribution < -0.4 is 5.32 Å². The Kier molecular flexibility index (Phi) is 4.53. The smallest absolute Gasteiger partial charge is 0.103 e. The first-order valence-corrected chi connectivity index (χ1v) is 6.47. The van der Waals surface area contributed by atoms with Crippen LogP contribution in [-0.2, 0) is 6.42 Å². The number of hydrogen-bond acceptors (Lipinski definition) is 3. The molecule has 0 radical (unpaired) electrons. The Hall–Kier alpha value is -1.61. The highest BCUT2D eigenvalue weighted by Gasteiger charge is 2.13. The molecule has 1 atom stereocenters. The Labute approximate surface area is 108 Å². The molecule has 0 saturated carbocycles. The minimum atomic E-state index is 0.341. The zero-order chi connectivity index (χ0) is 12.8. The predicted octanol–water partition coefficient (Wildman–Crippen LogP) is 3.27. The van der Waals surface area contributed by atoms with Crippen molar-refractivity contribution in [2.75, 3.05) is 6.54 Å². The van der Waals surface area contributed by atoms with E-state index in [4.69, 9.17) is 4.42 Å². The molecule has 0 aliphatic heterocycles. The zero-order valence-corrected chi connectivity index (χ0v) is 11.0. The molecule has 0 fully saturated rings. The Morgan fingerprint density at radius 1 is 1.39 bits per heavy atom. The predicted molar refractivity (Wildman–Crippen MR) is 72.4 cm³/mol. The molecule has 0 aliphatic rings. The van der Waals surface area contributed by atoms with E-state index in [0.717, 1.165) is 25.1 Å². The molecule has 2 heterocycles. The van der Waals surface area contributed by atoms with Crippen LogP contribution in [0.4, 0.5) is 0 Å². The third kappa shape index (κ3) is 3.20. The SMILES string of the molecule is CCNC(CCc1ccco1)c1cnccc1C. The van der Waals surface area contributed by atoms with Gasteiger partial charge in [0.15, 0.2) is 0 Å². The lowest BCUT2D eigenvalue weighted by atomic mass is 9.99. The highest BCUT2D eigenvalue weighted by atomic mass is 16.3. The second kappa shape index (κ2) is 6.36. The summed E-state index contributed by atoms with van der Waals surface area (Å²) in [6.07, 6.45) is 7.50. The van der Waals surface area contributed by atoms with Gasteiger partial charge in [-0.15, -0.1) is 0 Å². The summed E-state index contributed by atoms with van der Waals surface area (Å²) in [4.78, 5) is 4.23. The topological polar surface area (TPSA) is 38.1 Å². The van der Waals surface area contributed by atoms with Crippen LogP contribution in [0.1, 0.15) is 36.3 Å². The molecule has 0 aliphatic carbocycles. The van der Waals surface area contributed by atoms with Crippen molar-refractivity contribution in [3.8, 4) is 0 Å². The van der Waals surface area contributed by atoms with Gasteiger partial charge in [0, 0.05) is 24.9 Å². The Morgan fingerprint density at radius 2 is 2.28 bits per heavy atom. The maximum atomic E-state index is 5.38. The molecule has 0 saturated heterocycles. The van der Waals surface area contributed by atoms with Crippen LogP contribution in [0, 0.1) is 6.92 Å². The summed E-state index contributed by atoms with van der Waals surface area (Å²) >= 11 is 0. The lowest BCUT2D eigenvalue weighted by Gasteiger charge is -2.19. The summed E-state index contributed by atoms with van der Waals surface area (Å²) in [6, 6.07) is 6.37. The lowest BCUT2D eigenvalue weighted by Crippen LogP contribution is -2.22. The largest absolute Gasteiger partial charge is 0.469 e. The number of nitrogens with one attached hydrogen (secondary N) is 1. The van der Waals surface area contributed by atoms with Gasteiger partial charge in [0.25, 0.3) is 0 Å². The zero-order valence-electron chi connectivity index (χ0n) is 11.0. The van der Waals surface area contributed by atoms with Crippen LogP contribution in [0.25, 0.3) is 0 Å². The van der Waals surface area contributed by atoms with Crippen molar-refractivity contribution < 1.29 is 4.42 Å². The maximum absolute atomic E-state index is 5.38. The molecule has 96 valence electrons. The van der Waals surface area contributed by atoms with Crippen molar-refractivity contribution in [2.24, 2.45) is 0 Å². The summed E-state index contributed by atoms with van der Waals surface area (Å²) in [7, 11) is 0. The van der Waals surface area contributed by atoms with E-state index in [1.165, 1.54) is 11.1 Å². The van der Waals surface area contributed by atoms with E-state index >= 15 is 0 Å². The quantitative estimate of drug-likeness (QED) is 0.847. The Morgan fingerprint density at radius 3 is 2.94 bits per heavy atom. The Balaban J connectivity index is 2.06. The summed E-state index contributed by atoms with van der Waals surface area (Å²) in [5.41, 5.74) is 2.57. The van der Waals surface area contributed by atoms with Crippen LogP contribution in [-0.4, -0.2) is 11.5 Å². The number of pyridine rings is 1. The number of furan rings is 1. The van der Waals surface area contributed by atoms with Crippen molar-refractivity contribution in [1.29, 1.82) is 0 Å². The van der Waals surface area contributed by atoms with E-state index in [-0.39, 0.29) is 0 Å². The van der Waals surface area contributed by atoms with E-state index < -0.39 is 0 Å². The molecule has 18 heavy (non-hydrogen) atoms. The van der Waals surface area contributed by atoms with Gasteiger partial charge < -0.3 is 9.73 Å². The van der Waals surface area contributed by atoms with Gasteiger partial charge in [-0.1, -0.05) is 6.92 Å². The van der Waals surface area contributed by atoms with E-state index in [1.54, 1.807) is 6.26 Å². The van der Waals surface area contributed by atoms with Crippen molar-refractivity contribution in [3.05, 3.63) is 53.7 Å². The second-order valence-corrected chi connectivity index (χ2v) is 4.46. The van der Waals surface area contributed by atoms with Gasteiger partial charge in [0.05, 0.1) is 6.26 Å². The maximum Gasteiger partial charge on any atom is 0.103 e. The van der Waals surface area contributed by atoms with Gasteiger partial charge in [-0.2, -0.15) is 0 Å². The van der Waals surface area contributed by atoms with Gasteiger partial charge >= 0.3 is 0 Å². The fraction of sp³-hybridized carbons (Fsp3) is 0.400. The molecule has 0 aromatic carbocycles. The number of aromatic nitrogens is 1. The van der Waals surface area contributed by atoms with Gasteiger partial charge in [0.2, 0.25) is 0 Å². The van der Waals surface area contributed by atoms with Crippen LogP contribution in [0.2, 0.25) is 0 Å². The monoisotopic (exact) mass is 244 g/mol. The molecule has 0 amide bonds. The highest BCUT2D eigenvalue weighted by molar-refractivity contribution is 5.25. The third-order valence-corrected chi connectivity index (χ3v) is 3.17. The van der Waals surface area contributed by atoms with Crippen molar-refractivity contribution in [1.82, 2.24) is 10.3 Å². The standard InChI is InChI=1S/C15H20N2O/c1-3-17-15(7-6-13-5-4-10-18-13)14-11-16-9-8-12(14)2/h4-5,8-11,15,17H,3,6-7H2,1-2H3. The molecule has 3 nitrogen and oxygen atoms in total. The summed E-state index contributed by atoms with van der Waals surface area (Å²) in [5.74, 6) is 1.04. The lowest BCUT2D eigenvalue weighted by molar-refractivity contribution is 0.457. The van der Waals surface area contributed by atoms with Gasteiger partial charge in [-0.25, -0.2) is 0 Å². The Bertz CT molecular complexity index is 465. The number of hydrogen-bond donors (Lipinski definition) is 1. The molecule has 0 bridgehead atoms. The molecule has 3 heteroatoms. The first-order valence-electron chi connectivity index (χ1n) is 6.47. The second-order valence-electron chi connectivity index (χ2n) is 4.46. The minimum Gasteiger partial charge on any atom is -0.469 e. The van der Waals surface area contributed by atoms with E-state index in [1.807, 2.05) is 24.5 Å². The average molecular weight is 244 g/mol. The summed E-state index contributed by atoms with van der Waals surface area (Å²) in [5, 5.41) is 3.52. The molecule has 1 N–H and O–H groups in total. The van der Waals surface area contributed by atoms with Gasteiger partial charge in [-0.05, 0) is 49.2 Å². The van der Waals surface area contributed by atoms with Crippen LogP contribution >= 0.6 is 0 Å². The van der Waals surface area contributed by atoms with E-state index in [9.17, 15) is 0 Å². The first kappa shape index (κ1) is 12.8. The average Bonchev–Trinajstić information content (AvgIpc) is 2.88. The number of aryl methyl sites for hydroxylation is 2. The van der Waals surface area contributed by atoms with Crippen molar-refractivity contribution in [3.63, 3.8) is 0 Å². The van der Waals surface area contributed by atoms with Crippen LogP contribution in [0.5, 0.6) is 0 Å². The number of rotatable bonds is 6.